The van der Waals surface area contributed by atoms with Gasteiger partial charge in [0.2, 0.25) is 0 Å². The fourth-order valence-electron chi connectivity index (χ4n) is 3.67. The minimum absolute atomic E-state index is 0.100. The Morgan fingerprint density at radius 3 is 3.00 bits per heavy atom. The van der Waals surface area contributed by atoms with Crippen molar-refractivity contribution in [1.29, 1.82) is 0 Å². The summed E-state index contributed by atoms with van der Waals surface area (Å²) in [5.74, 6) is 1.03. The van der Waals surface area contributed by atoms with E-state index >= 15 is 0 Å². The van der Waals surface area contributed by atoms with Crippen LogP contribution in [0.1, 0.15) is 31.4 Å². The molecule has 0 radical (unpaired) electrons. The largest absolute Gasteiger partial charge is 0.485 e. The maximum Gasteiger partial charge on any atom is 0.133 e. The molecule has 1 spiro atoms. The first kappa shape index (κ1) is 13.1. The molecule has 110 valence electrons. The predicted molar refractivity (Wildman–Crippen MR) is 83.8 cm³/mol. The van der Waals surface area contributed by atoms with Gasteiger partial charge in [-0.3, -0.25) is 0 Å². The van der Waals surface area contributed by atoms with Gasteiger partial charge in [0.05, 0.1) is 6.10 Å². The van der Waals surface area contributed by atoms with Crippen molar-refractivity contribution in [2.24, 2.45) is 0 Å². The summed E-state index contributed by atoms with van der Waals surface area (Å²) in [4.78, 5) is 0. The van der Waals surface area contributed by atoms with E-state index in [1.807, 2.05) is 0 Å². The summed E-state index contributed by atoms with van der Waals surface area (Å²) >= 11 is 0. The highest BCUT2D eigenvalue weighted by Gasteiger charge is 2.44. The first-order chi connectivity index (χ1) is 10.3. The molecule has 0 aromatic heterocycles. The Labute approximate surface area is 125 Å². The second-order valence-electron chi connectivity index (χ2n) is 6.07. The molecule has 3 nitrogen and oxygen atoms in total. The van der Waals surface area contributed by atoms with E-state index in [1.165, 1.54) is 16.3 Å². The molecular weight excluding hydrogens is 262 g/mol. The van der Waals surface area contributed by atoms with Crippen molar-refractivity contribution in [2.45, 2.75) is 31.5 Å². The van der Waals surface area contributed by atoms with Crippen molar-refractivity contribution >= 4 is 10.8 Å². The van der Waals surface area contributed by atoms with Gasteiger partial charge in [-0.05, 0) is 18.9 Å². The number of hydrogen-bond donors (Lipinski definition) is 1. The van der Waals surface area contributed by atoms with Gasteiger partial charge in [-0.25, -0.2) is 0 Å². The quantitative estimate of drug-likeness (QED) is 0.916. The molecule has 2 aromatic rings. The van der Waals surface area contributed by atoms with Gasteiger partial charge in [0.25, 0.3) is 0 Å². The van der Waals surface area contributed by atoms with Gasteiger partial charge in [-0.1, -0.05) is 36.4 Å². The monoisotopic (exact) mass is 283 g/mol. The molecule has 3 heteroatoms. The van der Waals surface area contributed by atoms with Crippen LogP contribution in [-0.2, 0) is 4.74 Å². The maximum absolute atomic E-state index is 6.53. The molecule has 1 saturated heterocycles. The fraction of sp³-hybridized carbons (Fsp3) is 0.444. The summed E-state index contributed by atoms with van der Waals surface area (Å²) in [5.41, 5.74) is 1.10. The zero-order valence-electron chi connectivity index (χ0n) is 12.4. The highest BCUT2D eigenvalue weighted by molar-refractivity contribution is 5.90. The van der Waals surface area contributed by atoms with Crippen LogP contribution in [0.2, 0.25) is 0 Å². The molecule has 0 aliphatic carbocycles. The smallest absolute Gasteiger partial charge is 0.133 e. The summed E-state index contributed by atoms with van der Waals surface area (Å²) in [6, 6.07) is 12.8. The zero-order valence-corrected chi connectivity index (χ0v) is 12.4. The third-order valence-electron chi connectivity index (χ3n) is 4.71. The van der Waals surface area contributed by atoms with Crippen LogP contribution >= 0.6 is 0 Å². The highest BCUT2D eigenvalue weighted by atomic mass is 16.5. The summed E-state index contributed by atoms with van der Waals surface area (Å²) in [7, 11) is 0. The molecule has 2 heterocycles. The lowest BCUT2D eigenvalue weighted by Gasteiger charge is -2.39. The van der Waals surface area contributed by atoms with Gasteiger partial charge in [-0.2, -0.15) is 0 Å². The fourth-order valence-corrected chi connectivity index (χ4v) is 3.67. The first-order valence-electron chi connectivity index (χ1n) is 7.84. The molecule has 21 heavy (non-hydrogen) atoms. The van der Waals surface area contributed by atoms with Crippen LogP contribution < -0.4 is 10.1 Å². The van der Waals surface area contributed by atoms with Crippen LogP contribution in [0.3, 0.4) is 0 Å². The molecule has 4 rings (SSSR count). The highest BCUT2D eigenvalue weighted by Crippen LogP contribution is 2.46. The molecule has 2 aliphatic rings. The van der Waals surface area contributed by atoms with E-state index < -0.39 is 0 Å². The van der Waals surface area contributed by atoms with Crippen LogP contribution in [0.5, 0.6) is 5.75 Å². The minimum Gasteiger partial charge on any atom is -0.485 e. The number of fused-ring (bicyclic) bond motifs is 3. The van der Waals surface area contributed by atoms with Crippen molar-refractivity contribution in [3.8, 4) is 5.75 Å². The number of rotatable bonds is 2. The van der Waals surface area contributed by atoms with Crippen molar-refractivity contribution in [3.05, 3.63) is 42.0 Å². The van der Waals surface area contributed by atoms with E-state index in [4.69, 9.17) is 9.47 Å². The van der Waals surface area contributed by atoms with Gasteiger partial charge < -0.3 is 14.8 Å². The number of hydrogen-bond acceptors (Lipinski definition) is 3. The van der Waals surface area contributed by atoms with E-state index in [9.17, 15) is 0 Å². The Morgan fingerprint density at radius 2 is 2.19 bits per heavy atom. The second-order valence-corrected chi connectivity index (χ2v) is 6.07. The predicted octanol–water partition coefficient (Wildman–Crippen LogP) is 3.43. The molecule has 1 fully saturated rings. The molecule has 0 amide bonds. The summed E-state index contributed by atoms with van der Waals surface area (Å²) in [5, 5.41) is 5.87. The second kappa shape index (κ2) is 5.00. The normalized spacial score (nSPS) is 27.8. The van der Waals surface area contributed by atoms with Crippen LogP contribution in [0.15, 0.2) is 36.4 Å². The average molecular weight is 283 g/mol. The van der Waals surface area contributed by atoms with Gasteiger partial charge in [-0.15, -0.1) is 0 Å². The molecule has 2 aromatic carbocycles. The van der Waals surface area contributed by atoms with Crippen molar-refractivity contribution in [2.75, 3.05) is 19.7 Å². The Balaban J connectivity index is 1.87. The molecule has 0 bridgehead atoms. The van der Waals surface area contributed by atoms with E-state index in [-0.39, 0.29) is 11.7 Å². The van der Waals surface area contributed by atoms with Gasteiger partial charge in [0, 0.05) is 36.9 Å². The van der Waals surface area contributed by atoms with Crippen LogP contribution in [0, 0.1) is 0 Å². The van der Waals surface area contributed by atoms with Crippen LogP contribution in [-0.4, -0.2) is 25.3 Å². The van der Waals surface area contributed by atoms with Crippen LogP contribution in [0.25, 0.3) is 10.8 Å². The molecular formula is C18H21NO2. The van der Waals surface area contributed by atoms with Crippen LogP contribution in [0.4, 0.5) is 0 Å². The van der Waals surface area contributed by atoms with E-state index in [0.29, 0.717) is 0 Å². The van der Waals surface area contributed by atoms with E-state index in [1.54, 1.807) is 0 Å². The Bertz CT molecular complexity index is 661. The maximum atomic E-state index is 6.53. The summed E-state index contributed by atoms with van der Waals surface area (Å²) < 4.78 is 12.6. The van der Waals surface area contributed by atoms with Gasteiger partial charge in [0.1, 0.15) is 11.4 Å². The lowest BCUT2D eigenvalue weighted by Crippen LogP contribution is -2.43. The Hall–Kier alpha value is -1.58. The zero-order chi connectivity index (χ0) is 14.3. The standard InChI is InChI=1S/C18H21NO2/c1-2-20-16-11-18(9-10-19-12-18)21-17-14-6-4-3-5-13(14)7-8-15(16)17/h3-8,16,19H,2,9-12H2,1H3. The van der Waals surface area contributed by atoms with Crippen molar-refractivity contribution in [3.63, 3.8) is 0 Å². The van der Waals surface area contributed by atoms with Crippen molar-refractivity contribution < 1.29 is 9.47 Å². The van der Waals surface area contributed by atoms with E-state index in [0.717, 1.165) is 38.3 Å². The molecule has 1 N–H and O–H groups in total. The van der Waals surface area contributed by atoms with Crippen molar-refractivity contribution in [1.82, 2.24) is 5.32 Å². The third kappa shape index (κ3) is 2.12. The Kier molecular flexibility index (Phi) is 3.12. The lowest BCUT2D eigenvalue weighted by molar-refractivity contribution is -0.0343. The first-order valence-corrected chi connectivity index (χ1v) is 7.84. The molecule has 0 saturated carbocycles. The Morgan fingerprint density at radius 1 is 1.29 bits per heavy atom. The van der Waals surface area contributed by atoms with Gasteiger partial charge in [0.15, 0.2) is 0 Å². The SMILES string of the molecule is CCOC1CC2(CCNC2)Oc2c1ccc1ccccc21. The minimum atomic E-state index is -0.100. The topological polar surface area (TPSA) is 30.5 Å². The third-order valence-corrected chi connectivity index (χ3v) is 4.71. The average Bonchev–Trinajstić information content (AvgIpc) is 2.95. The lowest BCUT2D eigenvalue weighted by atomic mass is 9.86. The molecule has 2 aliphatic heterocycles. The number of benzene rings is 2. The molecule has 2 unspecified atom stereocenters. The summed E-state index contributed by atoms with van der Waals surface area (Å²) in [6.07, 6.45) is 2.14. The number of nitrogens with one attached hydrogen (secondary N) is 1. The number of ether oxygens (including phenoxy) is 2. The molecule has 2 atom stereocenters. The van der Waals surface area contributed by atoms with E-state index in [2.05, 4.69) is 48.6 Å². The summed E-state index contributed by atoms with van der Waals surface area (Å²) in [6.45, 7) is 4.74. The van der Waals surface area contributed by atoms with Gasteiger partial charge >= 0.3 is 0 Å².